The highest BCUT2D eigenvalue weighted by Crippen LogP contribution is 2.34. The number of esters is 1. The van der Waals surface area contributed by atoms with Crippen molar-refractivity contribution in [2.24, 2.45) is 0 Å². The Hall–Kier alpha value is -2.57. The van der Waals surface area contributed by atoms with Crippen molar-refractivity contribution >= 4 is 17.7 Å². The molecule has 0 saturated heterocycles. The lowest BCUT2D eigenvalue weighted by atomic mass is 10.1. The minimum Gasteiger partial charge on any atom is -0.507 e. The van der Waals surface area contributed by atoms with Crippen LogP contribution in [0.3, 0.4) is 0 Å². The number of nitrogens with zero attached hydrogens (tertiary/aromatic N) is 1. The molecule has 1 aromatic carbocycles. The molecule has 19 heavy (non-hydrogen) atoms. The SMILES string of the molecule is CCOC(=O)/C=C/c1cc([N+](=O)[O-])c(OC)cc1O. The molecule has 0 aliphatic rings. The fraction of sp³-hybridized carbons (Fsp3) is 0.250. The first kappa shape index (κ1) is 14.5. The van der Waals surface area contributed by atoms with Crippen LogP contribution < -0.4 is 4.74 Å². The topological polar surface area (TPSA) is 98.9 Å². The van der Waals surface area contributed by atoms with Crippen LogP contribution in [-0.2, 0) is 9.53 Å². The van der Waals surface area contributed by atoms with Gasteiger partial charge in [0.15, 0.2) is 0 Å². The van der Waals surface area contributed by atoms with Crippen LogP contribution in [0.2, 0.25) is 0 Å². The fourth-order valence-electron chi connectivity index (χ4n) is 1.36. The van der Waals surface area contributed by atoms with Gasteiger partial charge in [-0.2, -0.15) is 0 Å². The molecule has 0 atom stereocenters. The van der Waals surface area contributed by atoms with Gasteiger partial charge in [0.2, 0.25) is 5.75 Å². The molecule has 0 saturated carbocycles. The summed E-state index contributed by atoms with van der Waals surface area (Å²) in [4.78, 5) is 21.3. The Morgan fingerprint density at radius 2 is 2.21 bits per heavy atom. The Kier molecular flexibility index (Phi) is 4.87. The van der Waals surface area contributed by atoms with Crippen LogP contribution in [0.4, 0.5) is 5.69 Å². The standard InChI is InChI=1S/C12H13NO6/c1-3-19-12(15)5-4-8-6-9(13(16)17)11(18-2)7-10(8)14/h4-7,14H,3H2,1-2H3/b5-4+. The van der Waals surface area contributed by atoms with Crippen molar-refractivity contribution in [3.05, 3.63) is 33.9 Å². The summed E-state index contributed by atoms with van der Waals surface area (Å²) in [6.07, 6.45) is 2.31. The number of hydrogen-bond donors (Lipinski definition) is 1. The number of hydrogen-bond acceptors (Lipinski definition) is 6. The summed E-state index contributed by atoms with van der Waals surface area (Å²) in [6.45, 7) is 1.87. The molecule has 102 valence electrons. The number of rotatable bonds is 5. The number of phenols is 1. The first-order valence-corrected chi connectivity index (χ1v) is 5.39. The van der Waals surface area contributed by atoms with Gasteiger partial charge in [-0.25, -0.2) is 4.79 Å². The van der Waals surface area contributed by atoms with E-state index in [-0.39, 0.29) is 29.4 Å². The van der Waals surface area contributed by atoms with Crippen molar-refractivity contribution in [2.45, 2.75) is 6.92 Å². The second-order valence-electron chi connectivity index (χ2n) is 3.43. The number of benzene rings is 1. The number of carbonyl (C=O) groups excluding carboxylic acids is 1. The van der Waals surface area contributed by atoms with Gasteiger partial charge in [-0.3, -0.25) is 10.1 Å². The van der Waals surface area contributed by atoms with Crippen LogP contribution in [0.1, 0.15) is 12.5 Å². The molecule has 0 radical (unpaired) electrons. The summed E-state index contributed by atoms with van der Waals surface area (Å²) in [5, 5.41) is 20.5. The smallest absolute Gasteiger partial charge is 0.330 e. The quantitative estimate of drug-likeness (QED) is 0.378. The summed E-state index contributed by atoms with van der Waals surface area (Å²) in [6, 6.07) is 2.23. The molecule has 1 rings (SSSR count). The van der Waals surface area contributed by atoms with E-state index in [0.717, 1.165) is 18.2 Å². The highest BCUT2D eigenvalue weighted by atomic mass is 16.6. The zero-order chi connectivity index (χ0) is 14.4. The predicted molar refractivity (Wildman–Crippen MR) is 67.0 cm³/mol. The predicted octanol–water partition coefficient (Wildman–Crippen LogP) is 1.89. The third kappa shape index (κ3) is 3.70. The number of aromatic hydroxyl groups is 1. The van der Waals surface area contributed by atoms with E-state index in [0.29, 0.717) is 0 Å². The maximum atomic E-state index is 11.1. The average Bonchev–Trinajstić information content (AvgIpc) is 2.36. The summed E-state index contributed by atoms with van der Waals surface area (Å²) < 4.78 is 9.45. The monoisotopic (exact) mass is 267 g/mol. The Morgan fingerprint density at radius 1 is 1.53 bits per heavy atom. The van der Waals surface area contributed by atoms with Gasteiger partial charge in [0, 0.05) is 23.8 Å². The largest absolute Gasteiger partial charge is 0.507 e. The lowest BCUT2D eigenvalue weighted by Crippen LogP contribution is -1.99. The maximum Gasteiger partial charge on any atom is 0.330 e. The van der Waals surface area contributed by atoms with Crippen LogP contribution in [0, 0.1) is 10.1 Å². The number of nitro groups is 1. The molecule has 0 bridgehead atoms. The van der Waals surface area contributed by atoms with Gasteiger partial charge >= 0.3 is 11.7 Å². The maximum absolute atomic E-state index is 11.1. The molecule has 1 N–H and O–H groups in total. The second kappa shape index (κ2) is 6.39. The van der Waals surface area contributed by atoms with Crippen LogP contribution in [-0.4, -0.2) is 29.7 Å². The van der Waals surface area contributed by atoms with E-state index in [2.05, 4.69) is 4.74 Å². The Labute approximate surface area is 109 Å². The molecule has 1 aromatic rings. The van der Waals surface area contributed by atoms with E-state index in [1.54, 1.807) is 6.92 Å². The van der Waals surface area contributed by atoms with Crippen molar-refractivity contribution in [3.8, 4) is 11.5 Å². The van der Waals surface area contributed by atoms with Gasteiger partial charge in [-0.1, -0.05) is 0 Å². The highest BCUT2D eigenvalue weighted by molar-refractivity contribution is 5.87. The molecule has 7 heteroatoms. The van der Waals surface area contributed by atoms with Crippen LogP contribution in [0.15, 0.2) is 18.2 Å². The number of ether oxygens (including phenoxy) is 2. The van der Waals surface area contributed by atoms with Crippen molar-refractivity contribution in [1.29, 1.82) is 0 Å². The molecule has 7 nitrogen and oxygen atoms in total. The first-order chi connectivity index (χ1) is 8.99. The van der Waals surface area contributed by atoms with Gasteiger partial charge < -0.3 is 14.6 Å². The second-order valence-corrected chi connectivity index (χ2v) is 3.43. The lowest BCUT2D eigenvalue weighted by molar-refractivity contribution is -0.385. The summed E-state index contributed by atoms with van der Waals surface area (Å²) >= 11 is 0. The normalized spacial score (nSPS) is 10.4. The van der Waals surface area contributed by atoms with E-state index in [4.69, 9.17) is 4.74 Å². The number of nitro benzene ring substituents is 1. The van der Waals surface area contributed by atoms with Gasteiger partial charge in [0.25, 0.3) is 0 Å². The molecule has 0 heterocycles. The van der Waals surface area contributed by atoms with Crippen LogP contribution in [0.25, 0.3) is 6.08 Å². The number of methoxy groups -OCH3 is 1. The molecule has 0 aliphatic heterocycles. The van der Waals surface area contributed by atoms with E-state index in [1.807, 2.05) is 0 Å². The fourth-order valence-corrected chi connectivity index (χ4v) is 1.36. The molecule has 0 aliphatic carbocycles. The zero-order valence-electron chi connectivity index (χ0n) is 10.5. The minimum atomic E-state index is -0.639. The molecule has 0 fully saturated rings. The summed E-state index contributed by atoms with van der Waals surface area (Å²) in [5.74, 6) is -0.890. The van der Waals surface area contributed by atoms with Gasteiger partial charge in [0.05, 0.1) is 18.6 Å². The molecular formula is C12H13NO6. The van der Waals surface area contributed by atoms with Gasteiger partial charge in [-0.15, -0.1) is 0 Å². The zero-order valence-corrected chi connectivity index (χ0v) is 10.5. The number of carbonyl (C=O) groups is 1. The first-order valence-electron chi connectivity index (χ1n) is 5.39. The molecule has 0 amide bonds. The van der Waals surface area contributed by atoms with Crippen LogP contribution in [0.5, 0.6) is 11.5 Å². The van der Waals surface area contributed by atoms with E-state index >= 15 is 0 Å². The summed E-state index contributed by atoms with van der Waals surface area (Å²) in [5.41, 5.74) is -0.177. The van der Waals surface area contributed by atoms with Crippen molar-refractivity contribution < 1.29 is 24.3 Å². The summed E-state index contributed by atoms with van der Waals surface area (Å²) in [7, 11) is 1.26. The van der Waals surface area contributed by atoms with Crippen molar-refractivity contribution in [2.75, 3.05) is 13.7 Å². The minimum absolute atomic E-state index is 0.0595. The third-order valence-electron chi connectivity index (χ3n) is 2.21. The Morgan fingerprint density at radius 3 is 2.74 bits per heavy atom. The Balaban J connectivity index is 3.11. The molecule has 0 spiro atoms. The van der Waals surface area contributed by atoms with Gasteiger partial charge in [-0.05, 0) is 13.0 Å². The van der Waals surface area contributed by atoms with E-state index < -0.39 is 10.9 Å². The Bertz CT molecular complexity index is 523. The highest BCUT2D eigenvalue weighted by Gasteiger charge is 2.17. The van der Waals surface area contributed by atoms with Gasteiger partial charge in [0.1, 0.15) is 5.75 Å². The van der Waals surface area contributed by atoms with E-state index in [1.165, 1.54) is 13.2 Å². The molecule has 0 aromatic heterocycles. The molecular weight excluding hydrogens is 254 g/mol. The lowest BCUT2D eigenvalue weighted by Gasteiger charge is -2.05. The van der Waals surface area contributed by atoms with Crippen molar-refractivity contribution in [1.82, 2.24) is 0 Å². The molecule has 0 unspecified atom stereocenters. The number of phenolic OH excluding ortho intramolecular Hbond substituents is 1. The van der Waals surface area contributed by atoms with Crippen LogP contribution >= 0.6 is 0 Å². The van der Waals surface area contributed by atoms with E-state index in [9.17, 15) is 20.0 Å². The van der Waals surface area contributed by atoms with Crippen molar-refractivity contribution in [3.63, 3.8) is 0 Å². The average molecular weight is 267 g/mol. The third-order valence-corrected chi connectivity index (χ3v) is 2.21.